The van der Waals surface area contributed by atoms with E-state index in [1.54, 1.807) is 11.0 Å². The average Bonchev–Trinajstić information content (AvgIpc) is 3.20. The number of carbonyl (C=O) groups excluding carboxylic acids is 2. The molecule has 1 aromatic carbocycles. The molecule has 29 heavy (non-hydrogen) atoms. The van der Waals surface area contributed by atoms with E-state index in [0.717, 1.165) is 49.9 Å². The highest BCUT2D eigenvalue weighted by atomic mass is 19.1. The van der Waals surface area contributed by atoms with Crippen molar-refractivity contribution in [3.8, 4) is 0 Å². The summed E-state index contributed by atoms with van der Waals surface area (Å²) in [5, 5.41) is 0. The standard InChI is InChI=1S/C23H33FN2O3/c1-23(2,3)29-22(28)26-14-10-17(11-15-26)20-8-7-19(24)16-18(20)6-9-21(27)25-12-4-5-13-25/h7-8,16-17H,4-6,9-15H2,1-3H3. The van der Waals surface area contributed by atoms with E-state index in [1.807, 2.05) is 31.7 Å². The lowest BCUT2D eigenvalue weighted by atomic mass is 9.85. The minimum atomic E-state index is -0.500. The maximum atomic E-state index is 13.9. The van der Waals surface area contributed by atoms with Gasteiger partial charge >= 0.3 is 6.09 Å². The van der Waals surface area contributed by atoms with Gasteiger partial charge in [-0.15, -0.1) is 0 Å². The topological polar surface area (TPSA) is 49.9 Å². The molecule has 0 aromatic heterocycles. The molecule has 5 nitrogen and oxygen atoms in total. The molecule has 2 aliphatic heterocycles. The first kappa shape index (κ1) is 21.6. The summed E-state index contributed by atoms with van der Waals surface area (Å²) in [6.07, 6.45) is 4.50. The fourth-order valence-corrected chi connectivity index (χ4v) is 4.25. The van der Waals surface area contributed by atoms with Crippen molar-refractivity contribution in [2.75, 3.05) is 26.2 Å². The second-order valence-electron chi connectivity index (χ2n) is 9.17. The van der Waals surface area contributed by atoms with E-state index >= 15 is 0 Å². The molecule has 0 spiro atoms. The molecule has 6 heteroatoms. The van der Waals surface area contributed by atoms with Crippen LogP contribution in [0.3, 0.4) is 0 Å². The number of ether oxygens (including phenoxy) is 1. The summed E-state index contributed by atoms with van der Waals surface area (Å²) in [7, 11) is 0. The van der Waals surface area contributed by atoms with Crippen molar-refractivity contribution >= 4 is 12.0 Å². The highest BCUT2D eigenvalue weighted by Gasteiger charge is 2.28. The molecule has 0 N–H and O–H groups in total. The molecule has 0 unspecified atom stereocenters. The Kier molecular flexibility index (Phi) is 6.81. The smallest absolute Gasteiger partial charge is 0.410 e. The fraction of sp³-hybridized carbons (Fsp3) is 0.652. The Morgan fingerprint density at radius 1 is 1.07 bits per heavy atom. The quantitative estimate of drug-likeness (QED) is 0.743. The minimum Gasteiger partial charge on any atom is -0.444 e. The van der Waals surface area contributed by atoms with Gasteiger partial charge in [-0.2, -0.15) is 0 Å². The van der Waals surface area contributed by atoms with E-state index in [2.05, 4.69) is 0 Å². The number of piperidine rings is 1. The Bertz CT molecular complexity index is 730. The van der Waals surface area contributed by atoms with Crippen molar-refractivity contribution in [3.63, 3.8) is 0 Å². The molecule has 0 radical (unpaired) electrons. The van der Waals surface area contributed by atoms with Crippen LogP contribution in [0.5, 0.6) is 0 Å². The maximum absolute atomic E-state index is 13.9. The first-order valence-corrected chi connectivity index (χ1v) is 10.8. The van der Waals surface area contributed by atoms with E-state index in [-0.39, 0.29) is 23.7 Å². The zero-order chi connectivity index (χ0) is 21.0. The van der Waals surface area contributed by atoms with Gasteiger partial charge in [0.1, 0.15) is 11.4 Å². The van der Waals surface area contributed by atoms with Crippen LogP contribution in [0.2, 0.25) is 0 Å². The maximum Gasteiger partial charge on any atom is 0.410 e. The Morgan fingerprint density at radius 3 is 2.34 bits per heavy atom. The van der Waals surface area contributed by atoms with Gasteiger partial charge in [0.05, 0.1) is 0 Å². The summed E-state index contributed by atoms with van der Waals surface area (Å²) >= 11 is 0. The highest BCUT2D eigenvalue weighted by Crippen LogP contribution is 2.32. The van der Waals surface area contributed by atoms with E-state index < -0.39 is 5.60 Å². The number of nitrogens with zero attached hydrogens (tertiary/aromatic N) is 2. The van der Waals surface area contributed by atoms with Gasteiger partial charge in [0.15, 0.2) is 0 Å². The summed E-state index contributed by atoms with van der Waals surface area (Å²) in [6, 6.07) is 4.94. The number of amides is 2. The predicted octanol–water partition coefficient (Wildman–Crippen LogP) is 4.50. The van der Waals surface area contributed by atoms with Crippen molar-refractivity contribution < 1.29 is 18.7 Å². The van der Waals surface area contributed by atoms with Gasteiger partial charge in [-0.3, -0.25) is 4.79 Å². The number of hydrogen-bond donors (Lipinski definition) is 0. The second kappa shape index (κ2) is 9.14. The first-order chi connectivity index (χ1) is 13.7. The monoisotopic (exact) mass is 404 g/mol. The van der Waals surface area contributed by atoms with Crippen molar-refractivity contribution in [1.82, 2.24) is 9.80 Å². The van der Waals surface area contributed by atoms with E-state index in [4.69, 9.17) is 4.74 Å². The van der Waals surface area contributed by atoms with Gasteiger partial charge in [-0.1, -0.05) is 6.07 Å². The molecule has 160 valence electrons. The lowest BCUT2D eigenvalue weighted by Crippen LogP contribution is -2.41. The summed E-state index contributed by atoms with van der Waals surface area (Å²) in [4.78, 5) is 28.3. The Labute approximate surface area is 173 Å². The Hall–Kier alpha value is -2.11. The number of carbonyl (C=O) groups is 2. The van der Waals surface area contributed by atoms with Crippen LogP contribution in [-0.2, 0) is 16.0 Å². The van der Waals surface area contributed by atoms with Crippen LogP contribution in [-0.4, -0.2) is 53.6 Å². The molecule has 0 atom stereocenters. The summed E-state index contributed by atoms with van der Waals surface area (Å²) in [5.74, 6) is 0.173. The van der Waals surface area contributed by atoms with Gasteiger partial charge in [-0.05, 0) is 82.1 Å². The van der Waals surface area contributed by atoms with E-state index in [9.17, 15) is 14.0 Å². The largest absolute Gasteiger partial charge is 0.444 e. The highest BCUT2D eigenvalue weighted by molar-refractivity contribution is 5.76. The van der Waals surface area contributed by atoms with Crippen molar-refractivity contribution in [2.45, 2.75) is 70.8 Å². The zero-order valence-electron chi connectivity index (χ0n) is 17.9. The second-order valence-corrected chi connectivity index (χ2v) is 9.17. The van der Waals surface area contributed by atoms with E-state index in [1.165, 1.54) is 6.07 Å². The number of aryl methyl sites for hydroxylation is 1. The van der Waals surface area contributed by atoms with Crippen molar-refractivity contribution in [1.29, 1.82) is 0 Å². The van der Waals surface area contributed by atoms with Gasteiger partial charge in [-0.25, -0.2) is 9.18 Å². The van der Waals surface area contributed by atoms with Crippen LogP contribution in [0.15, 0.2) is 18.2 Å². The van der Waals surface area contributed by atoms with Gasteiger partial charge in [0.25, 0.3) is 0 Å². The SMILES string of the molecule is CC(C)(C)OC(=O)N1CCC(c2ccc(F)cc2CCC(=O)N2CCCC2)CC1. The molecule has 2 saturated heterocycles. The molecular formula is C23H33FN2O3. The van der Waals surface area contributed by atoms with Gasteiger partial charge < -0.3 is 14.5 Å². The summed E-state index contributed by atoms with van der Waals surface area (Å²) in [6.45, 7) is 8.55. The van der Waals surface area contributed by atoms with Crippen LogP contribution in [0.25, 0.3) is 0 Å². The Morgan fingerprint density at radius 2 is 1.72 bits per heavy atom. The molecule has 2 amide bonds. The van der Waals surface area contributed by atoms with Crippen molar-refractivity contribution in [2.24, 2.45) is 0 Å². The number of halogens is 1. The van der Waals surface area contributed by atoms with Gasteiger partial charge in [0, 0.05) is 32.6 Å². The van der Waals surface area contributed by atoms with Crippen LogP contribution in [0, 0.1) is 5.82 Å². The molecule has 0 bridgehead atoms. The zero-order valence-corrected chi connectivity index (χ0v) is 17.9. The molecule has 0 saturated carbocycles. The molecule has 2 aliphatic rings. The lowest BCUT2D eigenvalue weighted by molar-refractivity contribution is -0.130. The summed E-state index contributed by atoms with van der Waals surface area (Å²) < 4.78 is 19.4. The van der Waals surface area contributed by atoms with Crippen LogP contribution < -0.4 is 0 Å². The average molecular weight is 405 g/mol. The normalized spacial score (nSPS) is 18.2. The first-order valence-electron chi connectivity index (χ1n) is 10.8. The third kappa shape index (κ3) is 5.94. The molecule has 1 aromatic rings. The van der Waals surface area contributed by atoms with Gasteiger partial charge in [0.2, 0.25) is 5.91 Å². The van der Waals surface area contributed by atoms with Crippen LogP contribution in [0.4, 0.5) is 9.18 Å². The minimum absolute atomic E-state index is 0.164. The lowest BCUT2D eigenvalue weighted by Gasteiger charge is -2.34. The summed E-state index contributed by atoms with van der Waals surface area (Å²) in [5.41, 5.74) is 1.54. The van der Waals surface area contributed by atoms with E-state index in [0.29, 0.717) is 25.9 Å². The predicted molar refractivity (Wildman–Crippen MR) is 110 cm³/mol. The molecular weight excluding hydrogens is 371 g/mol. The molecule has 0 aliphatic carbocycles. The molecule has 2 fully saturated rings. The third-order valence-corrected chi connectivity index (χ3v) is 5.76. The molecule has 2 heterocycles. The van der Waals surface area contributed by atoms with Crippen LogP contribution >= 0.6 is 0 Å². The third-order valence-electron chi connectivity index (χ3n) is 5.76. The number of rotatable bonds is 4. The number of likely N-dealkylation sites (tertiary alicyclic amines) is 2. The Balaban J connectivity index is 1.61. The van der Waals surface area contributed by atoms with Crippen molar-refractivity contribution in [3.05, 3.63) is 35.1 Å². The number of hydrogen-bond acceptors (Lipinski definition) is 3. The fourth-order valence-electron chi connectivity index (χ4n) is 4.25. The van der Waals surface area contributed by atoms with Crippen LogP contribution in [0.1, 0.15) is 69.9 Å². The molecule has 3 rings (SSSR count). The number of benzene rings is 1.